The molecule has 4 atom stereocenters. The summed E-state index contributed by atoms with van der Waals surface area (Å²) >= 11 is 0. The lowest BCUT2D eigenvalue weighted by Crippen LogP contribution is -2.30. The van der Waals surface area contributed by atoms with E-state index in [9.17, 15) is 0 Å². The van der Waals surface area contributed by atoms with Crippen molar-refractivity contribution in [2.45, 2.75) is 83.7 Å². The molecular formula is C34H40F2O. The van der Waals surface area contributed by atoms with E-state index in [0.29, 0.717) is 17.9 Å². The third-order valence-electron chi connectivity index (χ3n) is 8.86. The smallest absolute Gasteiger partial charge is 0.134 e. The molecule has 3 aromatic carbocycles. The lowest BCUT2D eigenvalue weighted by Gasteiger charge is -2.42. The SMILES string of the molecule is CCCCCC1CC[C@@H]2C[C@H](c3cc(F)c(-c4ccc(OCc5ccccc5)cc4)c(F)c3)CC[C@@H]2C1. The van der Waals surface area contributed by atoms with Crippen molar-refractivity contribution >= 4 is 0 Å². The summed E-state index contributed by atoms with van der Waals surface area (Å²) in [5.74, 6) is 2.45. The number of fused-ring (bicyclic) bond motifs is 1. The van der Waals surface area contributed by atoms with Crippen molar-refractivity contribution in [1.82, 2.24) is 0 Å². The molecule has 0 heterocycles. The second-order valence-electron chi connectivity index (χ2n) is 11.4. The van der Waals surface area contributed by atoms with Gasteiger partial charge in [0.1, 0.15) is 24.0 Å². The standard InChI is InChI=1S/C34H40F2O/c1-2-3-5-8-24-11-12-28-20-29(14-13-27(28)19-24)30-21-32(35)34(33(36)22-30)26-15-17-31(18-16-26)37-23-25-9-6-4-7-10-25/h4,6-7,9-10,15-18,21-22,24,27-29H,2-3,5,8,11-14,19-20,23H2,1H3/t24?,27-,28-,29-/m1/s1. The first-order valence-electron chi connectivity index (χ1n) is 14.4. The average Bonchev–Trinajstić information content (AvgIpc) is 2.92. The molecule has 0 aliphatic heterocycles. The minimum Gasteiger partial charge on any atom is -0.489 e. The molecule has 1 unspecified atom stereocenters. The molecule has 37 heavy (non-hydrogen) atoms. The van der Waals surface area contributed by atoms with Crippen LogP contribution in [-0.2, 0) is 6.61 Å². The molecule has 1 nitrogen and oxygen atoms in total. The Hall–Kier alpha value is -2.68. The van der Waals surface area contributed by atoms with Crippen LogP contribution in [0.5, 0.6) is 5.75 Å². The van der Waals surface area contributed by atoms with Gasteiger partial charge in [-0.1, -0.05) is 81.5 Å². The van der Waals surface area contributed by atoms with Crippen LogP contribution in [0.15, 0.2) is 66.7 Å². The third-order valence-corrected chi connectivity index (χ3v) is 8.86. The highest BCUT2D eigenvalue weighted by Gasteiger charge is 2.36. The summed E-state index contributed by atoms with van der Waals surface area (Å²) in [6.07, 6.45) is 12.7. The van der Waals surface area contributed by atoms with E-state index in [-0.39, 0.29) is 11.5 Å². The van der Waals surface area contributed by atoms with Gasteiger partial charge >= 0.3 is 0 Å². The maximum Gasteiger partial charge on any atom is 0.134 e. The zero-order valence-corrected chi connectivity index (χ0v) is 22.1. The van der Waals surface area contributed by atoms with Crippen molar-refractivity contribution in [1.29, 1.82) is 0 Å². The highest BCUT2D eigenvalue weighted by Crippen LogP contribution is 2.49. The maximum absolute atomic E-state index is 15.3. The molecule has 0 aromatic heterocycles. The van der Waals surface area contributed by atoms with Crippen LogP contribution in [0.25, 0.3) is 11.1 Å². The van der Waals surface area contributed by atoms with Gasteiger partial charge in [-0.05, 0) is 96.7 Å². The summed E-state index contributed by atoms with van der Waals surface area (Å²) < 4.78 is 36.4. The first kappa shape index (κ1) is 25.9. The van der Waals surface area contributed by atoms with Crippen molar-refractivity contribution in [2.75, 3.05) is 0 Å². The van der Waals surface area contributed by atoms with Gasteiger partial charge in [0.05, 0.1) is 5.56 Å². The van der Waals surface area contributed by atoms with Gasteiger partial charge in [0.2, 0.25) is 0 Å². The number of hydrogen-bond acceptors (Lipinski definition) is 1. The third kappa shape index (κ3) is 6.43. The summed E-state index contributed by atoms with van der Waals surface area (Å²) in [5.41, 5.74) is 2.51. The highest BCUT2D eigenvalue weighted by molar-refractivity contribution is 5.66. The van der Waals surface area contributed by atoms with Crippen molar-refractivity contribution < 1.29 is 13.5 Å². The largest absolute Gasteiger partial charge is 0.489 e. The van der Waals surface area contributed by atoms with Gasteiger partial charge in [-0.25, -0.2) is 8.78 Å². The number of hydrogen-bond donors (Lipinski definition) is 0. The molecule has 2 saturated carbocycles. The molecule has 0 N–H and O–H groups in total. The van der Waals surface area contributed by atoms with Gasteiger partial charge < -0.3 is 4.74 Å². The summed E-state index contributed by atoms with van der Waals surface area (Å²) in [7, 11) is 0. The second-order valence-corrected chi connectivity index (χ2v) is 11.4. The van der Waals surface area contributed by atoms with Gasteiger partial charge in [0.15, 0.2) is 0 Å². The molecule has 196 valence electrons. The van der Waals surface area contributed by atoms with Crippen LogP contribution >= 0.6 is 0 Å². The topological polar surface area (TPSA) is 9.23 Å². The Morgan fingerprint density at radius 1 is 0.784 bits per heavy atom. The van der Waals surface area contributed by atoms with Crippen LogP contribution in [0.4, 0.5) is 8.78 Å². The van der Waals surface area contributed by atoms with Crippen LogP contribution in [0.3, 0.4) is 0 Å². The predicted octanol–water partition coefficient (Wildman–Crippen LogP) is 10.1. The Morgan fingerprint density at radius 3 is 2.22 bits per heavy atom. The van der Waals surface area contributed by atoms with Crippen LogP contribution in [0, 0.1) is 29.4 Å². The molecule has 3 heteroatoms. The van der Waals surface area contributed by atoms with Crippen LogP contribution in [0.1, 0.15) is 88.2 Å². The zero-order chi connectivity index (χ0) is 25.6. The Balaban J connectivity index is 1.21. The van der Waals surface area contributed by atoms with Gasteiger partial charge in [-0.2, -0.15) is 0 Å². The zero-order valence-electron chi connectivity index (χ0n) is 22.1. The van der Waals surface area contributed by atoms with Gasteiger partial charge in [0, 0.05) is 0 Å². The summed E-state index contributed by atoms with van der Waals surface area (Å²) in [6, 6.07) is 20.2. The van der Waals surface area contributed by atoms with Crippen molar-refractivity contribution in [3.63, 3.8) is 0 Å². The molecule has 0 radical (unpaired) electrons. The predicted molar refractivity (Wildman–Crippen MR) is 148 cm³/mol. The van der Waals surface area contributed by atoms with E-state index in [0.717, 1.165) is 41.7 Å². The number of benzene rings is 3. The molecule has 2 aliphatic carbocycles. The summed E-state index contributed by atoms with van der Waals surface area (Å²) in [5, 5.41) is 0. The Morgan fingerprint density at radius 2 is 1.49 bits per heavy atom. The van der Waals surface area contributed by atoms with E-state index in [2.05, 4.69) is 6.92 Å². The first-order chi connectivity index (χ1) is 18.1. The lowest BCUT2D eigenvalue weighted by molar-refractivity contribution is 0.113. The minimum atomic E-state index is -0.463. The number of rotatable bonds is 9. The van der Waals surface area contributed by atoms with Crippen LogP contribution in [0.2, 0.25) is 0 Å². The van der Waals surface area contributed by atoms with E-state index in [1.165, 1.54) is 51.4 Å². The quantitative estimate of drug-likeness (QED) is 0.265. The second kappa shape index (κ2) is 12.2. The normalized spacial score (nSPS) is 23.4. The van der Waals surface area contributed by atoms with E-state index in [1.807, 2.05) is 30.3 Å². The fraction of sp³-hybridized carbons (Fsp3) is 0.471. The van der Waals surface area contributed by atoms with Crippen LogP contribution in [-0.4, -0.2) is 0 Å². The van der Waals surface area contributed by atoms with Gasteiger partial charge in [-0.3, -0.25) is 0 Å². The van der Waals surface area contributed by atoms with Crippen molar-refractivity contribution in [3.05, 3.63) is 89.5 Å². The molecule has 3 aromatic rings. The summed E-state index contributed by atoms with van der Waals surface area (Å²) in [4.78, 5) is 0. The highest BCUT2D eigenvalue weighted by atomic mass is 19.1. The monoisotopic (exact) mass is 502 g/mol. The van der Waals surface area contributed by atoms with Crippen LogP contribution < -0.4 is 4.74 Å². The van der Waals surface area contributed by atoms with Crippen molar-refractivity contribution in [3.8, 4) is 16.9 Å². The molecule has 0 bridgehead atoms. The van der Waals surface area contributed by atoms with Crippen molar-refractivity contribution in [2.24, 2.45) is 17.8 Å². The number of ether oxygens (including phenoxy) is 1. The molecular weight excluding hydrogens is 462 g/mol. The first-order valence-corrected chi connectivity index (χ1v) is 14.4. The van der Waals surface area contributed by atoms with E-state index in [1.54, 1.807) is 36.4 Å². The van der Waals surface area contributed by atoms with E-state index in [4.69, 9.17) is 4.74 Å². The Labute approximate surface area is 221 Å². The summed E-state index contributed by atoms with van der Waals surface area (Å²) in [6.45, 7) is 2.73. The molecule has 5 rings (SSSR count). The molecule has 0 spiro atoms. The maximum atomic E-state index is 15.3. The Kier molecular flexibility index (Phi) is 8.59. The van der Waals surface area contributed by atoms with Gasteiger partial charge in [-0.15, -0.1) is 0 Å². The Bertz CT molecular complexity index is 1120. The van der Waals surface area contributed by atoms with E-state index >= 15 is 8.78 Å². The molecule has 0 amide bonds. The number of unbranched alkanes of at least 4 members (excludes halogenated alkanes) is 2. The average molecular weight is 503 g/mol. The van der Waals surface area contributed by atoms with Gasteiger partial charge in [0.25, 0.3) is 0 Å². The lowest BCUT2D eigenvalue weighted by atomic mass is 9.63. The molecule has 2 aliphatic rings. The van der Waals surface area contributed by atoms with E-state index < -0.39 is 11.6 Å². The molecule has 2 fully saturated rings. The fourth-order valence-electron chi connectivity index (χ4n) is 6.80. The molecule has 0 saturated heterocycles. The number of halogens is 2. The minimum absolute atomic E-state index is 0.0552. The fourth-order valence-corrected chi connectivity index (χ4v) is 6.80.